The quantitative estimate of drug-likeness (QED) is 0.887. The second-order valence-electron chi connectivity index (χ2n) is 4.12. The van der Waals surface area contributed by atoms with Crippen LogP contribution in [0.2, 0.25) is 5.02 Å². The van der Waals surface area contributed by atoms with Crippen LogP contribution in [0.1, 0.15) is 11.1 Å². The number of nitrogen functional groups attached to an aromatic ring is 1. The molecule has 0 atom stereocenters. The Morgan fingerprint density at radius 3 is 3.12 bits per heavy atom. The molecule has 0 saturated heterocycles. The van der Waals surface area contributed by atoms with Crippen LogP contribution in [-0.2, 0) is 13.0 Å². The summed E-state index contributed by atoms with van der Waals surface area (Å²) < 4.78 is 7.41. The number of rotatable bonds is 2. The van der Waals surface area contributed by atoms with Gasteiger partial charge in [-0.15, -0.1) is 0 Å². The van der Waals surface area contributed by atoms with Crippen molar-refractivity contribution in [3.05, 3.63) is 40.7 Å². The fraction of sp³-hybridized carbons (Fsp3) is 0.250. The molecule has 0 unspecified atom stereocenters. The molecule has 0 spiro atoms. The molecule has 2 heterocycles. The van der Waals surface area contributed by atoms with E-state index in [-0.39, 0.29) is 0 Å². The van der Waals surface area contributed by atoms with E-state index in [1.807, 2.05) is 12.1 Å². The third kappa shape index (κ3) is 1.96. The van der Waals surface area contributed by atoms with Crippen LogP contribution >= 0.6 is 11.6 Å². The minimum absolute atomic E-state index is 0.625. The topological polar surface area (TPSA) is 53.1 Å². The normalized spacial score (nSPS) is 13.5. The van der Waals surface area contributed by atoms with Gasteiger partial charge >= 0.3 is 0 Å². The zero-order chi connectivity index (χ0) is 11.8. The average molecular weight is 250 g/mol. The number of nitrogens with zero attached hydrogens (tertiary/aromatic N) is 2. The Hall–Kier alpha value is -1.68. The van der Waals surface area contributed by atoms with E-state index in [1.165, 1.54) is 5.56 Å². The van der Waals surface area contributed by atoms with Gasteiger partial charge in [-0.25, -0.2) is 0 Å². The van der Waals surface area contributed by atoms with Gasteiger partial charge in [0.2, 0.25) is 0 Å². The molecular weight excluding hydrogens is 238 g/mol. The standard InChI is InChI=1S/C12H12ClN3O/c13-10-3-8-1-2-17-12(8)9(4-10)6-16-7-11(14)5-15-16/h3-5,7H,1-2,6,14H2. The highest BCUT2D eigenvalue weighted by Crippen LogP contribution is 2.33. The highest BCUT2D eigenvalue weighted by Gasteiger charge is 2.17. The van der Waals surface area contributed by atoms with Gasteiger partial charge in [-0.2, -0.15) is 5.10 Å². The zero-order valence-corrected chi connectivity index (χ0v) is 9.94. The molecule has 0 fully saturated rings. The zero-order valence-electron chi connectivity index (χ0n) is 9.19. The molecule has 3 rings (SSSR count). The lowest BCUT2D eigenvalue weighted by Gasteiger charge is -2.08. The van der Waals surface area contributed by atoms with Crippen LogP contribution in [0.5, 0.6) is 5.75 Å². The van der Waals surface area contributed by atoms with Crippen LogP contribution in [0.15, 0.2) is 24.5 Å². The molecule has 17 heavy (non-hydrogen) atoms. The lowest BCUT2D eigenvalue weighted by molar-refractivity contribution is 0.352. The van der Waals surface area contributed by atoms with E-state index < -0.39 is 0 Å². The third-order valence-corrected chi connectivity index (χ3v) is 3.03. The van der Waals surface area contributed by atoms with Crippen LogP contribution in [0.4, 0.5) is 5.69 Å². The summed E-state index contributed by atoms with van der Waals surface area (Å²) in [6.07, 6.45) is 4.35. The molecular formula is C12H12ClN3O. The van der Waals surface area contributed by atoms with Crippen LogP contribution in [0.3, 0.4) is 0 Å². The lowest BCUT2D eigenvalue weighted by atomic mass is 10.1. The molecule has 1 aliphatic heterocycles. The van der Waals surface area contributed by atoms with Crippen molar-refractivity contribution in [2.24, 2.45) is 0 Å². The van der Waals surface area contributed by atoms with E-state index in [0.29, 0.717) is 12.2 Å². The predicted octanol–water partition coefficient (Wildman–Crippen LogP) is 2.10. The van der Waals surface area contributed by atoms with Crippen molar-refractivity contribution >= 4 is 17.3 Å². The minimum Gasteiger partial charge on any atom is -0.493 e. The molecule has 0 radical (unpaired) electrons. The average Bonchev–Trinajstić information content (AvgIpc) is 2.87. The summed E-state index contributed by atoms with van der Waals surface area (Å²) >= 11 is 6.09. The summed E-state index contributed by atoms with van der Waals surface area (Å²) in [6.45, 7) is 1.35. The van der Waals surface area contributed by atoms with Gasteiger partial charge in [-0.3, -0.25) is 4.68 Å². The molecule has 5 heteroatoms. The first-order valence-corrected chi connectivity index (χ1v) is 5.82. The van der Waals surface area contributed by atoms with Crippen LogP contribution in [0.25, 0.3) is 0 Å². The van der Waals surface area contributed by atoms with Gasteiger partial charge in [0.25, 0.3) is 0 Å². The summed E-state index contributed by atoms with van der Waals surface area (Å²) in [4.78, 5) is 0. The van der Waals surface area contributed by atoms with E-state index in [4.69, 9.17) is 22.1 Å². The Bertz CT molecular complexity index is 565. The maximum absolute atomic E-state index is 6.09. The molecule has 0 bridgehead atoms. The Kier molecular flexibility index (Phi) is 2.44. The molecule has 1 aromatic heterocycles. The van der Waals surface area contributed by atoms with Gasteiger partial charge in [0, 0.05) is 23.2 Å². The van der Waals surface area contributed by atoms with Gasteiger partial charge < -0.3 is 10.5 Å². The first-order chi connectivity index (χ1) is 8.22. The number of benzene rings is 1. The van der Waals surface area contributed by atoms with Crippen molar-refractivity contribution in [2.45, 2.75) is 13.0 Å². The van der Waals surface area contributed by atoms with Crippen LogP contribution in [0, 0.1) is 0 Å². The number of ether oxygens (including phenoxy) is 1. The van der Waals surface area contributed by atoms with E-state index in [2.05, 4.69) is 5.10 Å². The number of halogens is 1. The van der Waals surface area contributed by atoms with E-state index in [9.17, 15) is 0 Å². The summed E-state index contributed by atoms with van der Waals surface area (Å²) in [7, 11) is 0. The second-order valence-corrected chi connectivity index (χ2v) is 4.56. The summed E-state index contributed by atoms with van der Waals surface area (Å²) in [6, 6.07) is 3.88. The Labute approximate surface area is 104 Å². The molecule has 2 aromatic rings. The molecule has 2 N–H and O–H groups in total. The van der Waals surface area contributed by atoms with Crippen molar-refractivity contribution in [2.75, 3.05) is 12.3 Å². The number of anilines is 1. The number of nitrogens with two attached hydrogens (primary N) is 1. The smallest absolute Gasteiger partial charge is 0.127 e. The van der Waals surface area contributed by atoms with Gasteiger partial charge in [0.1, 0.15) is 5.75 Å². The minimum atomic E-state index is 0.625. The van der Waals surface area contributed by atoms with Gasteiger partial charge in [-0.05, 0) is 17.7 Å². The van der Waals surface area contributed by atoms with Crippen molar-refractivity contribution < 1.29 is 4.74 Å². The predicted molar refractivity (Wildman–Crippen MR) is 66.4 cm³/mol. The van der Waals surface area contributed by atoms with Gasteiger partial charge in [-0.1, -0.05) is 11.6 Å². The molecule has 0 saturated carbocycles. The Balaban J connectivity index is 1.98. The molecule has 0 aliphatic carbocycles. The van der Waals surface area contributed by atoms with Gasteiger partial charge in [0.05, 0.1) is 25.0 Å². The van der Waals surface area contributed by atoms with Gasteiger partial charge in [0.15, 0.2) is 0 Å². The highest BCUT2D eigenvalue weighted by molar-refractivity contribution is 6.30. The maximum Gasteiger partial charge on any atom is 0.127 e. The summed E-state index contributed by atoms with van der Waals surface area (Å²) in [5.41, 5.74) is 8.51. The highest BCUT2D eigenvalue weighted by atomic mass is 35.5. The summed E-state index contributed by atoms with van der Waals surface area (Å²) in [5.74, 6) is 0.948. The summed E-state index contributed by atoms with van der Waals surface area (Å²) in [5, 5.41) is 4.90. The van der Waals surface area contributed by atoms with Crippen LogP contribution in [-0.4, -0.2) is 16.4 Å². The molecule has 4 nitrogen and oxygen atoms in total. The largest absolute Gasteiger partial charge is 0.493 e. The van der Waals surface area contributed by atoms with Crippen molar-refractivity contribution in [1.82, 2.24) is 9.78 Å². The lowest BCUT2D eigenvalue weighted by Crippen LogP contribution is -2.02. The van der Waals surface area contributed by atoms with E-state index >= 15 is 0 Å². The Morgan fingerprint density at radius 1 is 1.47 bits per heavy atom. The van der Waals surface area contributed by atoms with Crippen molar-refractivity contribution in [3.63, 3.8) is 0 Å². The SMILES string of the molecule is Nc1cnn(Cc2cc(Cl)cc3c2OCC3)c1. The fourth-order valence-electron chi connectivity index (χ4n) is 2.10. The Morgan fingerprint density at radius 2 is 2.35 bits per heavy atom. The second kappa shape index (κ2) is 3.96. The number of hydrogen-bond acceptors (Lipinski definition) is 3. The van der Waals surface area contributed by atoms with Crippen molar-refractivity contribution in [3.8, 4) is 5.75 Å². The molecule has 88 valence electrons. The molecule has 1 aliphatic rings. The number of aromatic nitrogens is 2. The first kappa shape index (κ1) is 10.5. The third-order valence-electron chi connectivity index (χ3n) is 2.81. The maximum atomic E-state index is 6.09. The van der Waals surface area contributed by atoms with Crippen molar-refractivity contribution in [1.29, 1.82) is 0 Å². The number of fused-ring (bicyclic) bond motifs is 1. The monoisotopic (exact) mass is 249 g/mol. The van der Waals surface area contributed by atoms with Crippen LogP contribution < -0.4 is 10.5 Å². The van der Waals surface area contributed by atoms with E-state index in [0.717, 1.165) is 29.4 Å². The first-order valence-electron chi connectivity index (χ1n) is 5.44. The number of hydrogen-bond donors (Lipinski definition) is 1. The molecule has 1 aromatic carbocycles. The fourth-order valence-corrected chi connectivity index (χ4v) is 2.37. The van der Waals surface area contributed by atoms with E-state index in [1.54, 1.807) is 17.1 Å². The molecule has 0 amide bonds.